The van der Waals surface area contributed by atoms with Crippen molar-refractivity contribution in [1.82, 2.24) is 51.9 Å². The first-order chi connectivity index (χ1) is 29.3. The lowest BCUT2D eigenvalue weighted by Gasteiger charge is -2.22. The van der Waals surface area contributed by atoms with Gasteiger partial charge in [0.25, 0.3) is 0 Å². The van der Waals surface area contributed by atoms with E-state index in [1.54, 1.807) is 33.7 Å². The SMILES string of the molecule is CC(C)(C)NO.CC(C)N(O)C(C)C.CCCCN(O)CCCC.CCN(O)CC.CN(C)O.CN(C)O.CNO.NO.ON1CCCC1.ON1CCOCC1.ONC1CCCC1. The summed E-state index contributed by atoms with van der Waals surface area (Å²) in [7, 11) is 7.65. The van der Waals surface area contributed by atoms with Gasteiger partial charge in [-0.3, -0.25) is 0 Å². The largest absolute Gasteiger partial charge is 0.379 e. The second kappa shape index (κ2) is 63.2. The Labute approximate surface area is 384 Å². The zero-order chi connectivity index (χ0) is 51.2. The molecule has 1 saturated carbocycles. The second-order valence-electron chi connectivity index (χ2n) is 16.0. The number of hydrogen-bond donors (Lipinski definition) is 15. The van der Waals surface area contributed by atoms with Gasteiger partial charge in [-0.15, -0.1) is 0 Å². The molecule has 1 aliphatic carbocycles. The molecule has 0 radical (unpaired) electrons. The lowest BCUT2D eigenvalue weighted by Crippen LogP contribution is -2.33. The van der Waals surface area contributed by atoms with Gasteiger partial charge in [-0.25, -0.2) is 22.3 Å². The number of nitrogens with zero attached hydrogens (tertiary/aromatic N) is 7. The Morgan fingerprint density at radius 3 is 1.06 bits per heavy atom. The average molecular weight is 934 g/mol. The summed E-state index contributed by atoms with van der Waals surface area (Å²) < 4.78 is 4.94. The molecular weight excluding hydrogens is 827 g/mol. The predicted octanol–water partition coefficient (Wildman–Crippen LogP) is 5.14. The highest BCUT2D eigenvalue weighted by Crippen LogP contribution is 2.16. The minimum absolute atomic E-state index is 0.153. The lowest BCUT2D eigenvalue weighted by molar-refractivity contribution is -0.143. The number of unbranched alkanes of at least 4 members (excludes halogenated alkanes) is 2. The van der Waals surface area contributed by atoms with Crippen LogP contribution in [0.3, 0.4) is 0 Å². The van der Waals surface area contributed by atoms with Crippen molar-refractivity contribution in [2.75, 3.05) is 101 Å². The first kappa shape index (κ1) is 79.2. The van der Waals surface area contributed by atoms with Gasteiger partial charge >= 0.3 is 0 Å². The fourth-order valence-corrected chi connectivity index (χ4v) is 3.92. The van der Waals surface area contributed by atoms with Gasteiger partial charge in [0, 0.05) is 111 Å². The Morgan fingerprint density at radius 1 is 0.635 bits per heavy atom. The van der Waals surface area contributed by atoms with Gasteiger partial charge in [0.1, 0.15) is 0 Å². The molecule has 0 spiro atoms. The Bertz CT molecular complexity index is 724. The predicted molar refractivity (Wildman–Crippen MR) is 248 cm³/mol. The van der Waals surface area contributed by atoms with Crippen molar-refractivity contribution in [3.8, 4) is 0 Å². The van der Waals surface area contributed by atoms with Crippen LogP contribution in [-0.4, -0.2) is 217 Å². The van der Waals surface area contributed by atoms with E-state index in [1.165, 1.54) is 45.2 Å². The number of hydroxylamine groups is 17. The van der Waals surface area contributed by atoms with Gasteiger partial charge in [0.15, 0.2) is 0 Å². The maximum atomic E-state index is 9.14. The molecule has 0 aromatic heterocycles. The van der Waals surface area contributed by atoms with E-state index in [2.05, 4.69) is 30.7 Å². The summed E-state index contributed by atoms with van der Waals surface area (Å²) >= 11 is 0. The maximum absolute atomic E-state index is 9.14. The van der Waals surface area contributed by atoms with E-state index in [1.807, 2.05) is 62.3 Å². The monoisotopic (exact) mass is 934 g/mol. The summed E-state index contributed by atoms with van der Waals surface area (Å²) in [5, 5.41) is 98.6. The molecule has 0 aromatic carbocycles. The fraction of sp³-hybridized carbons (Fsp3) is 1.00. The molecule has 0 amide bonds. The topological polar surface area (TPSA) is 317 Å². The van der Waals surface area contributed by atoms with Gasteiger partial charge in [-0.2, -0.15) is 35.4 Å². The number of nitrogens with one attached hydrogen (secondary N) is 3. The van der Waals surface area contributed by atoms with Crippen LogP contribution in [0.1, 0.15) is 140 Å². The van der Waals surface area contributed by atoms with Crippen LogP contribution in [0.2, 0.25) is 0 Å². The van der Waals surface area contributed by atoms with Crippen LogP contribution in [0.15, 0.2) is 0 Å². The van der Waals surface area contributed by atoms with E-state index in [-0.39, 0.29) is 17.6 Å². The lowest BCUT2D eigenvalue weighted by atomic mass is 10.1. The summed E-state index contributed by atoms with van der Waals surface area (Å²) in [6.45, 7) is 29.0. The van der Waals surface area contributed by atoms with Crippen molar-refractivity contribution in [1.29, 1.82) is 0 Å². The highest BCUT2D eigenvalue weighted by Gasteiger charge is 2.12. The summed E-state index contributed by atoms with van der Waals surface area (Å²) in [4.78, 5) is 0. The second-order valence-corrected chi connectivity index (χ2v) is 16.0. The highest BCUT2D eigenvalue weighted by molar-refractivity contribution is 4.69. The molecule has 0 atom stereocenters. The van der Waals surface area contributed by atoms with Crippen molar-refractivity contribution in [3.63, 3.8) is 0 Å². The molecule has 63 heavy (non-hydrogen) atoms. The molecule has 3 aliphatic rings. The van der Waals surface area contributed by atoms with E-state index in [4.69, 9.17) is 62.0 Å². The van der Waals surface area contributed by atoms with E-state index in [0.29, 0.717) is 32.3 Å². The van der Waals surface area contributed by atoms with Gasteiger partial charge in [-0.1, -0.05) is 53.4 Å². The molecule has 23 heteroatoms. The molecular formula is C40H107N11O12. The highest BCUT2D eigenvalue weighted by atomic mass is 16.5. The number of ether oxygens (including phenoxy) is 1. The summed E-state index contributed by atoms with van der Waals surface area (Å²) in [5.74, 6) is 3.50. The van der Waals surface area contributed by atoms with Crippen LogP contribution in [-0.2, 0) is 4.74 Å². The summed E-state index contributed by atoms with van der Waals surface area (Å²) in [6.07, 6.45) is 11.7. The molecule has 3 rings (SSSR count). The third-order valence-corrected chi connectivity index (χ3v) is 7.27. The zero-order valence-electron chi connectivity index (χ0n) is 42.9. The molecule has 16 N–H and O–H groups in total. The van der Waals surface area contributed by atoms with Gasteiger partial charge in [-0.05, 0) is 87.0 Å². The Morgan fingerprint density at radius 2 is 0.937 bits per heavy atom. The summed E-state index contributed by atoms with van der Waals surface area (Å²) in [6, 6.07) is 0.866. The van der Waals surface area contributed by atoms with Crippen molar-refractivity contribution < 1.29 is 62.0 Å². The van der Waals surface area contributed by atoms with Crippen LogP contribution in [0, 0.1) is 0 Å². The zero-order valence-corrected chi connectivity index (χ0v) is 42.9. The molecule has 2 aliphatic heterocycles. The van der Waals surface area contributed by atoms with E-state index < -0.39 is 0 Å². The van der Waals surface area contributed by atoms with E-state index >= 15 is 0 Å². The van der Waals surface area contributed by atoms with E-state index in [9.17, 15) is 0 Å². The minimum Gasteiger partial charge on any atom is -0.379 e. The minimum atomic E-state index is -0.153. The van der Waals surface area contributed by atoms with Crippen molar-refractivity contribution in [2.45, 2.75) is 164 Å². The molecule has 2 saturated heterocycles. The molecule has 0 bridgehead atoms. The summed E-state index contributed by atoms with van der Waals surface area (Å²) in [5.41, 5.74) is 5.97. The van der Waals surface area contributed by atoms with Crippen LogP contribution in [0.5, 0.6) is 0 Å². The van der Waals surface area contributed by atoms with Crippen LogP contribution in [0.4, 0.5) is 0 Å². The van der Waals surface area contributed by atoms with Crippen molar-refractivity contribution >= 4 is 0 Å². The Hall–Kier alpha value is -0.920. The first-order valence-electron chi connectivity index (χ1n) is 22.2. The quantitative estimate of drug-likeness (QED) is 0.119. The Kier molecular flexibility index (Phi) is 79.4. The molecule has 3 fully saturated rings. The smallest absolute Gasteiger partial charge is 0.0617 e. The molecule has 394 valence electrons. The molecule has 2 heterocycles. The van der Waals surface area contributed by atoms with Gasteiger partial charge < -0.3 is 62.0 Å². The molecule has 23 nitrogen and oxygen atoms in total. The van der Waals surface area contributed by atoms with Crippen molar-refractivity contribution in [2.24, 2.45) is 5.90 Å². The first-order valence-corrected chi connectivity index (χ1v) is 22.2. The van der Waals surface area contributed by atoms with Crippen LogP contribution in [0.25, 0.3) is 0 Å². The number of hydrogen-bond acceptors (Lipinski definition) is 23. The van der Waals surface area contributed by atoms with Crippen LogP contribution >= 0.6 is 0 Å². The van der Waals surface area contributed by atoms with E-state index in [0.717, 1.165) is 101 Å². The normalized spacial score (nSPS) is 14.7. The van der Waals surface area contributed by atoms with Crippen LogP contribution < -0.4 is 22.3 Å². The number of nitrogens with two attached hydrogens (primary N) is 1. The fourth-order valence-electron chi connectivity index (χ4n) is 3.92. The average Bonchev–Trinajstić information content (AvgIpc) is 3.95. The van der Waals surface area contributed by atoms with Gasteiger partial charge in [0.05, 0.1) is 13.2 Å². The van der Waals surface area contributed by atoms with Gasteiger partial charge in [0.2, 0.25) is 0 Å². The molecule has 0 unspecified atom stereocenters. The number of morpholine rings is 1. The number of rotatable bonds is 11. The molecule has 0 aromatic rings. The Balaban J connectivity index is -0.0000000898. The third kappa shape index (κ3) is 100. The third-order valence-electron chi connectivity index (χ3n) is 7.27. The standard InChI is InChI=1S/C8H19NO.C6H15NO.C5H11NO.C4H9NO2.C4H9NO.2C4H11NO.2C2H7NO.CH5NO.H3NO/c1-3-5-7-9(10)8-6-4-2;1-5(2)7(8)6(3)4;7-6-5-3-1-2-4-5;6-5-1-3-7-4-2-5;6-5-3-1-2-4-5;1-4(2,3)5-6;1-3-5(6)4-2;2*1-3(2)4;1-2-3;1-2/h10H,3-8H2,1-2H3;5-6,8H,1-4H3;5-7H,1-4H2;6H,1-4H2;6H,1-4H2;5-6H,1-3H3;6H,3-4H2,1-2H3;2*4H,1-2H3;2-3H,1H3;2H,1H2. The maximum Gasteiger partial charge on any atom is 0.0617 e. The van der Waals surface area contributed by atoms with Crippen molar-refractivity contribution in [3.05, 3.63) is 0 Å².